The van der Waals surface area contributed by atoms with Crippen LogP contribution >= 0.6 is 0 Å². The molecule has 0 bridgehead atoms. The number of hydrogen-bond acceptors (Lipinski definition) is 4. The van der Waals surface area contributed by atoms with Gasteiger partial charge in [-0.25, -0.2) is 4.79 Å². The van der Waals surface area contributed by atoms with Crippen LogP contribution in [-0.4, -0.2) is 34.4 Å². The van der Waals surface area contributed by atoms with Crippen LogP contribution in [0.3, 0.4) is 0 Å². The van der Waals surface area contributed by atoms with E-state index in [9.17, 15) is 4.79 Å². The summed E-state index contributed by atoms with van der Waals surface area (Å²) >= 11 is 0. The van der Waals surface area contributed by atoms with Gasteiger partial charge in [-0.1, -0.05) is 0 Å². The lowest BCUT2D eigenvalue weighted by Gasteiger charge is -2.22. The number of carbonyl (C=O) groups excluding carboxylic acids is 1. The molecule has 1 aromatic heterocycles. The molecule has 1 N–H and O–H groups in total. The van der Waals surface area contributed by atoms with Gasteiger partial charge >= 0.3 is 5.97 Å². The van der Waals surface area contributed by atoms with Crippen molar-refractivity contribution in [2.75, 3.05) is 13.1 Å². The molecule has 2 heterocycles. The summed E-state index contributed by atoms with van der Waals surface area (Å²) in [5.74, 6) is -0.287. The molecule has 1 saturated heterocycles. The van der Waals surface area contributed by atoms with E-state index in [0.717, 1.165) is 31.6 Å². The summed E-state index contributed by atoms with van der Waals surface area (Å²) in [6.45, 7) is 9.49. The summed E-state index contributed by atoms with van der Waals surface area (Å²) in [4.78, 5) is 12.1. The maximum absolute atomic E-state index is 12.1. The maximum Gasteiger partial charge on any atom is 0.342 e. The zero-order chi connectivity index (χ0) is 14.0. The Balaban J connectivity index is 2.14. The molecule has 0 aromatic carbocycles. The van der Waals surface area contributed by atoms with Crippen molar-refractivity contribution in [3.05, 3.63) is 17.5 Å². The van der Waals surface area contributed by atoms with Crippen LogP contribution in [0.4, 0.5) is 0 Å². The van der Waals surface area contributed by atoms with Crippen molar-refractivity contribution in [1.82, 2.24) is 15.1 Å². The zero-order valence-corrected chi connectivity index (χ0v) is 12.2. The van der Waals surface area contributed by atoms with Crippen LogP contribution in [0, 0.1) is 6.92 Å². The molecule has 0 aliphatic carbocycles. The molecule has 0 spiro atoms. The summed E-state index contributed by atoms with van der Waals surface area (Å²) < 4.78 is 7.33. The Kier molecular flexibility index (Phi) is 3.94. The van der Waals surface area contributed by atoms with Gasteiger partial charge in [0.1, 0.15) is 11.2 Å². The molecule has 0 unspecified atom stereocenters. The lowest BCUT2D eigenvalue weighted by atomic mass is 10.1. The number of carbonyl (C=O) groups is 1. The topological polar surface area (TPSA) is 56.2 Å². The highest BCUT2D eigenvalue weighted by molar-refractivity contribution is 5.90. The van der Waals surface area contributed by atoms with E-state index >= 15 is 0 Å². The smallest absolute Gasteiger partial charge is 0.342 e. The molecule has 1 aliphatic heterocycles. The molecule has 19 heavy (non-hydrogen) atoms. The molecule has 1 fully saturated rings. The Morgan fingerprint density at radius 3 is 2.63 bits per heavy atom. The first kappa shape index (κ1) is 14.1. The van der Waals surface area contributed by atoms with E-state index < -0.39 is 5.60 Å². The number of aryl methyl sites for hydroxylation is 1. The maximum atomic E-state index is 12.1. The molecule has 0 radical (unpaired) electrons. The van der Waals surface area contributed by atoms with Crippen molar-refractivity contribution in [2.24, 2.45) is 0 Å². The number of ether oxygens (including phenoxy) is 1. The molecule has 0 atom stereocenters. The summed E-state index contributed by atoms with van der Waals surface area (Å²) in [5.41, 5.74) is 0.849. The average molecular weight is 265 g/mol. The number of nitrogens with one attached hydrogen (secondary N) is 1. The van der Waals surface area contributed by atoms with Gasteiger partial charge in [0, 0.05) is 6.20 Å². The van der Waals surface area contributed by atoms with E-state index in [1.54, 1.807) is 0 Å². The van der Waals surface area contributed by atoms with Gasteiger partial charge in [0.15, 0.2) is 0 Å². The van der Waals surface area contributed by atoms with Crippen LogP contribution in [0.15, 0.2) is 6.20 Å². The average Bonchev–Trinajstić information content (AvgIpc) is 2.70. The predicted octanol–water partition coefficient (Wildman–Crippen LogP) is 2.07. The van der Waals surface area contributed by atoms with Gasteiger partial charge in [-0.05, 0) is 53.6 Å². The summed E-state index contributed by atoms with van der Waals surface area (Å²) in [5, 5.41) is 7.80. The second-order valence-electron chi connectivity index (χ2n) is 6.09. The quantitative estimate of drug-likeness (QED) is 0.832. The lowest BCUT2D eigenvalue weighted by molar-refractivity contribution is 0.00686. The first-order chi connectivity index (χ1) is 8.87. The van der Waals surface area contributed by atoms with Crippen molar-refractivity contribution in [1.29, 1.82) is 0 Å². The summed E-state index contributed by atoms with van der Waals surface area (Å²) in [6, 6.07) is 0.385. The number of esters is 1. The molecule has 0 amide bonds. The third-order valence-corrected chi connectivity index (χ3v) is 3.22. The molecule has 1 aromatic rings. The highest BCUT2D eigenvalue weighted by Gasteiger charge is 2.23. The Morgan fingerprint density at radius 2 is 2.05 bits per heavy atom. The van der Waals surface area contributed by atoms with Crippen LogP contribution < -0.4 is 5.32 Å². The minimum absolute atomic E-state index is 0.287. The fourth-order valence-electron chi connectivity index (χ4n) is 2.27. The molecule has 5 nitrogen and oxygen atoms in total. The molecular weight excluding hydrogens is 242 g/mol. The monoisotopic (exact) mass is 265 g/mol. The Bertz CT molecular complexity index is 454. The van der Waals surface area contributed by atoms with E-state index in [1.165, 1.54) is 0 Å². The minimum atomic E-state index is -0.472. The van der Waals surface area contributed by atoms with Crippen LogP contribution in [0.2, 0.25) is 0 Å². The van der Waals surface area contributed by atoms with Crippen molar-refractivity contribution < 1.29 is 9.53 Å². The van der Waals surface area contributed by atoms with Gasteiger partial charge in [0.2, 0.25) is 0 Å². The van der Waals surface area contributed by atoms with Crippen LogP contribution in [0.1, 0.15) is 55.7 Å². The van der Waals surface area contributed by atoms with Crippen molar-refractivity contribution in [2.45, 2.75) is 52.2 Å². The van der Waals surface area contributed by atoms with E-state index in [1.807, 2.05) is 38.6 Å². The van der Waals surface area contributed by atoms with Gasteiger partial charge in [-0.3, -0.25) is 4.68 Å². The van der Waals surface area contributed by atoms with Gasteiger partial charge in [-0.2, -0.15) is 5.10 Å². The first-order valence-electron chi connectivity index (χ1n) is 6.86. The van der Waals surface area contributed by atoms with E-state index in [4.69, 9.17) is 4.74 Å². The van der Waals surface area contributed by atoms with Crippen LogP contribution in [-0.2, 0) is 4.74 Å². The SMILES string of the molecule is Cc1nn(C2CCNCC2)cc1C(=O)OC(C)(C)C. The fraction of sp³-hybridized carbons (Fsp3) is 0.714. The van der Waals surface area contributed by atoms with Crippen LogP contribution in [0.5, 0.6) is 0 Å². The van der Waals surface area contributed by atoms with Gasteiger partial charge < -0.3 is 10.1 Å². The molecule has 0 saturated carbocycles. The Morgan fingerprint density at radius 1 is 1.42 bits per heavy atom. The van der Waals surface area contributed by atoms with Gasteiger partial charge in [0.25, 0.3) is 0 Å². The van der Waals surface area contributed by atoms with Gasteiger partial charge in [0.05, 0.1) is 11.7 Å². The third-order valence-electron chi connectivity index (χ3n) is 3.22. The zero-order valence-electron chi connectivity index (χ0n) is 12.2. The Hall–Kier alpha value is -1.36. The summed E-state index contributed by atoms with van der Waals surface area (Å²) in [7, 11) is 0. The third kappa shape index (κ3) is 3.56. The normalized spacial score (nSPS) is 17.5. The summed E-state index contributed by atoms with van der Waals surface area (Å²) in [6.07, 6.45) is 3.93. The lowest BCUT2D eigenvalue weighted by Crippen LogP contribution is -2.29. The standard InChI is InChI=1S/C14H23N3O2/c1-10-12(13(18)19-14(2,3)4)9-17(16-10)11-5-7-15-8-6-11/h9,11,15H,5-8H2,1-4H3. The fourth-order valence-corrected chi connectivity index (χ4v) is 2.27. The first-order valence-corrected chi connectivity index (χ1v) is 6.86. The molecule has 2 rings (SSSR count). The number of aromatic nitrogens is 2. The Labute approximate surface area is 114 Å². The highest BCUT2D eigenvalue weighted by Crippen LogP contribution is 2.21. The second kappa shape index (κ2) is 5.33. The van der Waals surface area contributed by atoms with Crippen molar-refractivity contribution in [3.8, 4) is 0 Å². The molecular formula is C14H23N3O2. The van der Waals surface area contributed by atoms with E-state index in [0.29, 0.717) is 11.6 Å². The number of nitrogens with zero attached hydrogens (tertiary/aromatic N) is 2. The van der Waals surface area contributed by atoms with Gasteiger partial charge in [-0.15, -0.1) is 0 Å². The molecule has 106 valence electrons. The molecule has 5 heteroatoms. The number of piperidine rings is 1. The van der Waals surface area contributed by atoms with Crippen LogP contribution in [0.25, 0.3) is 0 Å². The predicted molar refractivity (Wildman–Crippen MR) is 73.3 cm³/mol. The largest absolute Gasteiger partial charge is 0.456 e. The highest BCUT2D eigenvalue weighted by atomic mass is 16.6. The number of hydrogen-bond donors (Lipinski definition) is 1. The minimum Gasteiger partial charge on any atom is -0.456 e. The van der Waals surface area contributed by atoms with E-state index in [2.05, 4.69) is 10.4 Å². The molecule has 1 aliphatic rings. The van der Waals surface area contributed by atoms with Crippen molar-refractivity contribution >= 4 is 5.97 Å². The second-order valence-corrected chi connectivity index (χ2v) is 6.09. The van der Waals surface area contributed by atoms with Crippen molar-refractivity contribution in [3.63, 3.8) is 0 Å². The van der Waals surface area contributed by atoms with E-state index in [-0.39, 0.29) is 5.97 Å². The number of rotatable bonds is 2.